The van der Waals surface area contributed by atoms with Gasteiger partial charge in [-0.15, -0.1) is 0 Å². The lowest BCUT2D eigenvalue weighted by Crippen LogP contribution is -2.13. The molecule has 1 aliphatic heterocycles. The Morgan fingerprint density at radius 1 is 1.44 bits per heavy atom. The minimum absolute atomic E-state index is 0.629. The lowest BCUT2D eigenvalue weighted by atomic mass is 10.1. The molecule has 0 aliphatic carbocycles. The van der Waals surface area contributed by atoms with Crippen LogP contribution in [-0.4, -0.2) is 17.0 Å². The summed E-state index contributed by atoms with van der Waals surface area (Å²) < 4.78 is 1.23. The number of nitrogens with zero attached hydrogens (tertiary/aromatic N) is 1. The summed E-state index contributed by atoms with van der Waals surface area (Å²) >= 11 is 4.20. The van der Waals surface area contributed by atoms with E-state index in [4.69, 9.17) is 0 Å². The summed E-state index contributed by atoms with van der Waals surface area (Å²) in [4.78, 5) is 4.54. The molecule has 1 heterocycles. The predicted molar refractivity (Wildman–Crippen MR) is 81.3 cm³/mol. The van der Waals surface area contributed by atoms with Crippen molar-refractivity contribution in [3.63, 3.8) is 0 Å². The fraction of sp³-hybridized carbons (Fsp3) is 0.417. The second-order valence-corrected chi connectivity index (χ2v) is 6.54. The number of benzene rings is 1. The monoisotopic (exact) mass is 346 g/mol. The van der Waals surface area contributed by atoms with Crippen LogP contribution >= 0.6 is 34.4 Å². The summed E-state index contributed by atoms with van der Waals surface area (Å²) in [5, 5.41) is 5.09. The second-order valence-electron chi connectivity index (χ2n) is 4.15. The number of hydrogen-bond donors (Lipinski definition) is 1. The third-order valence-electron chi connectivity index (χ3n) is 2.54. The molecule has 4 heteroatoms. The van der Waals surface area contributed by atoms with E-state index in [1.54, 1.807) is 0 Å². The maximum absolute atomic E-state index is 4.54. The predicted octanol–water partition coefficient (Wildman–Crippen LogP) is 3.83. The molecule has 2 nitrogen and oxygen atoms in total. The topological polar surface area (TPSA) is 24.4 Å². The number of amidine groups is 1. The van der Waals surface area contributed by atoms with Gasteiger partial charge in [-0.05, 0) is 40.6 Å². The van der Waals surface area contributed by atoms with Crippen LogP contribution in [-0.2, 0) is 0 Å². The molecule has 0 aromatic heterocycles. The van der Waals surface area contributed by atoms with Gasteiger partial charge in [-0.1, -0.05) is 37.7 Å². The van der Waals surface area contributed by atoms with E-state index in [0.717, 1.165) is 17.4 Å². The van der Waals surface area contributed by atoms with Crippen LogP contribution in [0, 0.1) is 9.49 Å². The number of hydrogen-bond acceptors (Lipinski definition) is 3. The zero-order valence-electron chi connectivity index (χ0n) is 9.40. The van der Waals surface area contributed by atoms with Gasteiger partial charge in [0.2, 0.25) is 0 Å². The zero-order valence-corrected chi connectivity index (χ0v) is 12.4. The Balaban J connectivity index is 2.00. The Hall–Kier alpha value is -0.230. The first-order chi connectivity index (χ1) is 7.66. The number of aliphatic imine (C=N–C) groups is 1. The van der Waals surface area contributed by atoms with Crippen molar-refractivity contribution < 1.29 is 0 Å². The van der Waals surface area contributed by atoms with E-state index in [0.29, 0.717) is 11.2 Å². The third kappa shape index (κ3) is 2.91. The molecular formula is C12H15IN2S. The van der Waals surface area contributed by atoms with Gasteiger partial charge in [0, 0.05) is 8.82 Å². The number of nitrogens with one attached hydrogen (secondary N) is 1. The van der Waals surface area contributed by atoms with Gasteiger partial charge in [0.15, 0.2) is 5.17 Å². The van der Waals surface area contributed by atoms with Gasteiger partial charge in [-0.2, -0.15) is 0 Å². The molecule has 1 aromatic carbocycles. The van der Waals surface area contributed by atoms with E-state index < -0.39 is 0 Å². The van der Waals surface area contributed by atoms with Crippen molar-refractivity contribution in [3.8, 4) is 0 Å². The Morgan fingerprint density at radius 2 is 2.19 bits per heavy atom. The second kappa shape index (κ2) is 5.40. The van der Waals surface area contributed by atoms with Crippen LogP contribution in [0.15, 0.2) is 29.3 Å². The van der Waals surface area contributed by atoms with Gasteiger partial charge in [-0.3, -0.25) is 4.99 Å². The molecule has 2 rings (SSSR count). The van der Waals surface area contributed by atoms with Crippen LogP contribution in [0.5, 0.6) is 0 Å². The summed E-state index contributed by atoms with van der Waals surface area (Å²) in [6, 6.07) is 8.29. The lowest BCUT2D eigenvalue weighted by Gasteiger charge is -2.12. The van der Waals surface area contributed by atoms with E-state index in [9.17, 15) is 0 Å². The molecule has 0 saturated carbocycles. The highest BCUT2D eigenvalue weighted by atomic mass is 127. The summed E-state index contributed by atoms with van der Waals surface area (Å²) in [6.45, 7) is 5.44. The molecule has 16 heavy (non-hydrogen) atoms. The molecule has 0 amide bonds. The van der Waals surface area contributed by atoms with Crippen LogP contribution in [0.4, 0.5) is 5.69 Å². The SMILES string of the molecule is CC(C)C1CN=C(Nc2ccccc2I)S1. The zero-order chi connectivity index (χ0) is 11.5. The van der Waals surface area contributed by atoms with Gasteiger partial charge in [-0.25, -0.2) is 0 Å². The average molecular weight is 346 g/mol. The number of thioether (sulfide) groups is 1. The molecule has 86 valence electrons. The van der Waals surface area contributed by atoms with Crippen LogP contribution < -0.4 is 5.32 Å². The fourth-order valence-corrected chi connectivity index (χ4v) is 3.03. The Morgan fingerprint density at radius 3 is 2.81 bits per heavy atom. The van der Waals surface area contributed by atoms with Crippen molar-refractivity contribution in [2.24, 2.45) is 10.9 Å². The number of para-hydroxylation sites is 1. The fourth-order valence-electron chi connectivity index (χ4n) is 1.48. The average Bonchev–Trinajstić information content (AvgIpc) is 2.70. The summed E-state index contributed by atoms with van der Waals surface area (Å²) in [5.74, 6) is 0.683. The van der Waals surface area contributed by atoms with Crippen LogP contribution in [0.3, 0.4) is 0 Å². The quantitative estimate of drug-likeness (QED) is 0.823. The van der Waals surface area contributed by atoms with E-state index in [2.05, 4.69) is 58.9 Å². The molecule has 1 atom stereocenters. The standard InChI is InChI=1S/C12H15IN2S/c1-8(2)11-7-14-12(16-11)15-10-6-4-3-5-9(10)13/h3-6,8,11H,7H2,1-2H3,(H,14,15). The maximum Gasteiger partial charge on any atom is 0.161 e. The summed E-state index contributed by atoms with van der Waals surface area (Å²) in [6.07, 6.45) is 0. The van der Waals surface area contributed by atoms with E-state index in [1.165, 1.54) is 3.57 Å². The number of halogens is 1. The maximum atomic E-state index is 4.54. The minimum atomic E-state index is 0.629. The van der Waals surface area contributed by atoms with E-state index >= 15 is 0 Å². The lowest BCUT2D eigenvalue weighted by molar-refractivity contribution is 0.621. The summed E-state index contributed by atoms with van der Waals surface area (Å²) in [7, 11) is 0. The van der Waals surface area contributed by atoms with Gasteiger partial charge in [0.05, 0.1) is 12.2 Å². The number of anilines is 1. The van der Waals surface area contributed by atoms with Crippen LogP contribution in [0.1, 0.15) is 13.8 Å². The first kappa shape index (κ1) is 12.2. The van der Waals surface area contributed by atoms with Crippen molar-refractivity contribution in [1.29, 1.82) is 0 Å². The Bertz CT molecular complexity index is 404. The van der Waals surface area contributed by atoms with Crippen molar-refractivity contribution in [1.82, 2.24) is 0 Å². The third-order valence-corrected chi connectivity index (χ3v) is 4.93. The molecule has 0 fully saturated rings. The van der Waals surface area contributed by atoms with Crippen LogP contribution in [0.2, 0.25) is 0 Å². The number of rotatable bonds is 2. The molecule has 0 radical (unpaired) electrons. The van der Waals surface area contributed by atoms with Crippen molar-refractivity contribution in [2.75, 3.05) is 11.9 Å². The molecule has 1 N–H and O–H groups in total. The summed E-state index contributed by atoms with van der Waals surface area (Å²) in [5.41, 5.74) is 1.15. The largest absolute Gasteiger partial charge is 0.334 e. The first-order valence-electron chi connectivity index (χ1n) is 5.39. The molecule has 1 aromatic rings. The normalized spacial score (nSPS) is 20.0. The van der Waals surface area contributed by atoms with E-state index in [1.807, 2.05) is 23.9 Å². The van der Waals surface area contributed by atoms with E-state index in [-0.39, 0.29) is 0 Å². The Labute approximate surface area is 114 Å². The highest BCUT2D eigenvalue weighted by Gasteiger charge is 2.22. The highest BCUT2D eigenvalue weighted by molar-refractivity contribution is 14.1. The minimum Gasteiger partial charge on any atom is -0.334 e. The van der Waals surface area contributed by atoms with Crippen molar-refractivity contribution in [2.45, 2.75) is 19.1 Å². The molecule has 1 aliphatic rings. The molecule has 0 saturated heterocycles. The van der Waals surface area contributed by atoms with Gasteiger partial charge in [0.25, 0.3) is 0 Å². The molecular weight excluding hydrogens is 331 g/mol. The smallest absolute Gasteiger partial charge is 0.161 e. The van der Waals surface area contributed by atoms with Gasteiger partial charge < -0.3 is 5.32 Å². The van der Waals surface area contributed by atoms with Gasteiger partial charge >= 0.3 is 0 Å². The van der Waals surface area contributed by atoms with Crippen molar-refractivity contribution >= 4 is 45.2 Å². The molecule has 0 spiro atoms. The van der Waals surface area contributed by atoms with Crippen LogP contribution in [0.25, 0.3) is 0 Å². The highest BCUT2D eigenvalue weighted by Crippen LogP contribution is 2.28. The molecule has 0 bridgehead atoms. The van der Waals surface area contributed by atoms with Crippen molar-refractivity contribution in [3.05, 3.63) is 27.8 Å². The Kier molecular flexibility index (Phi) is 4.13. The molecule has 1 unspecified atom stereocenters. The van der Waals surface area contributed by atoms with Gasteiger partial charge in [0.1, 0.15) is 0 Å². The first-order valence-corrected chi connectivity index (χ1v) is 7.35.